The molecule has 170 valence electrons. The van der Waals surface area contributed by atoms with E-state index in [0.717, 1.165) is 11.3 Å². The van der Waals surface area contributed by atoms with E-state index in [0.29, 0.717) is 27.1 Å². The number of aliphatic hydroxyl groups excluding tert-OH is 1. The Morgan fingerprint density at radius 1 is 1.09 bits per heavy atom. The number of hydrogen-bond acceptors (Lipinski definition) is 7. The van der Waals surface area contributed by atoms with Crippen LogP contribution in [0.2, 0.25) is 0 Å². The van der Waals surface area contributed by atoms with E-state index in [2.05, 4.69) is 4.98 Å². The van der Waals surface area contributed by atoms with Gasteiger partial charge in [0, 0.05) is 5.56 Å². The van der Waals surface area contributed by atoms with Gasteiger partial charge >= 0.3 is 5.91 Å². The van der Waals surface area contributed by atoms with E-state index in [-0.39, 0.29) is 22.2 Å². The van der Waals surface area contributed by atoms with Crippen LogP contribution in [0.3, 0.4) is 0 Å². The molecule has 4 aromatic rings. The highest BCUT2D eigenvalue weighted by Gasteiger charge is 2.48. The average molecular weight is 476 g/mol. The van der Waals surface area contributed by atoms with Crippen LogP contribution in [-0.4, -0.2) is 34.0 Å². The molecule has 1 unspecified atom stereocenters. The Bertz CT molecular complexity index is 1480. The lowest BCUT2D eigenvalue weighted by atomic mass is 9.95. The molecular formula is C25H17FN2O5S. The third kappa shape index (κ3) is 3.56. The lowest BCUT2D eigenvalue weighted by molar-refractivity contribution is -0.132. The molecule has 1 aliphatic heterocycles. The van der Waals surface area contributed by atoms with Crippen LogP contribution in [0.4, 0.5) is 9.52 Å². The summed E-state index contributed by atoms with van der Waals surface area (Å²) in [6, 6.07) is 15.5. The first-order chi connectivity index (χ1) is 16.4. The highest BCUT2D eigenvalue weighted by Crippen LogP contribution is 2.44. The molecule has 5 rings (SSSR count). The van der Waals surface area contributed by atoms with Gasteiger partial charge in [0.2, 0.25) is 0 Å². The van der Waals surface area contributed by atoms with E-state index in [9.17, 15) is 24.2 Å². The number of ether oxygens (including phenoxy) is 1. The number of phenolic OH excluding ortho intramolecular Hbond substituents is 1. The largest absolute Gasteiger partial charge is 0.508 e. The third-order valence-electron chi connectivity index (χ3n) is 5.54. The van der Waals surface area contributed by atoms with Gasteiger partial charge in [-0.25, -0.2) is 9.37 Å². The molecule has 7 nitrogen and oxygen atoms in total. The van der Waals surface area contributed by atoms with Crippen molar-refractivity contribution in [1.29, 1.82) is 0 Å². The number of phenols is 1. The van der Waals surface area contributed by atoms with Gasteiger partial charge in [0.15, 0.2) is 5.13 Å². The number of hydrogen-bond donors (Lipinski definition) is 2. The summed E-state index contributed by atoms with van der Waals surface area (Å²) in [5, 5.41) is 21.4. The fourth-order valence-corrected chi connectivity index (χ4v) is 4.95. The van der Waals surface area contributed by atoms with E-state index < -0.39 is 23.5 Å². The van der Waals surface area contributed by atoms with Crippen LogP contribution < -0.4 is 9.64 Å². The third-order valence-corrected chi connectivity index (χ3v) is 6.56. The molecule has 0 radical (unpaired) electrons. The number of Topliss-reactive ketones (excluding diaryl/α,β-unsaturated/α-hetero) is 1. The van der Waals surface area contributed by atoms with Crippen molar-refractivity contribution in [2.24, 2.45) is 0 Å². The van der Waals surface area contributed by atoms with E-state index >= 15 is 0 Å². The predicted molar refractivity (Wildman–Crippen MR) is 125 cm³/mol. The predicted octanol–water partition coefficient (Wildman–Crippen LogP) is 4.78. The molecule has 1 amide bonds. The molecule has 0 spiro atoms. The molecule has 2 heterocycles. The molecule has 1 aliphatic rings. The van der Waals surface area contributed by atoms with Crippen LogP contribution in [0.5, 0.6) is 11.5 Å². The topological polar surface area (TPSA) is 100.0 Å². The first-order valence-corrected chi connectivity index (χ1v) is 11.0. The van der Waals surface area contributed by atoms with Gasteiger partial charge in [0.05, 0.1) is 28.9 Å². The van der Waals surface area contributed by atoms with Gasteiger partial charge in [-0.2, -0.15) is 0 Å². The van der Waals surface area contributed by atoms with Crippen LogP contribution >= 0.6 is 11.3 Å². The second kappa shape index (κ2) is 8.27. The van der Waals surface area contributed by atoms with E-state index in [1.54, 1.807) is 36.4 Å². The summed E-state index contributed by atoms with van der Waals surface area (Å²) >= 11 is 1.05. The second-order valence-electron chi connectivity index (χ2n) is 7.60. The van der Waals surface area contributed by atoms with Crippen molar-refractivity contribution in [3.05, 3.63) is 89.2 Å². The van der Waals surface area contributed by atoms with Crippen molar-refractivity contribution in [2.75, 3.05) is 12.0 Å². The number of amides is 1. The monoisotopic (exact) mass is 476 g/mol. The number of carbonyl (C=O) groups excluding carboxylic acids is 2. The molecular weight excluding hydrogens is 459 g/mol. The number of carbonyl (C=O) groups is 2. The fraction of sp³-hybridized carbons (Fsp3) is 0.0800. The number of halogens is 1. The number of nitrogens with zero attached hydrogens (tertiary/aromatic N) is 2. The van der Waals surface area contributed by atoms with Crippen LogP contribution in [0.15, 0.2) is 72.3 Å². The highest BCUT2D eigenvalue weighted by molar-refractivity contribution is 7.22. The SMILES string of the molecule is COc1ccc(/C(O)=C2\C(=O)C(=O)N(c3nc4ccc(F)cc4s3)C2c2cccc(O)c2)cc1. The number of benzene rings is 3. The van der Waals surface area contributed by atoms with Crippen molar-refractivity contribution < 1.29 is 28.9 Å². The Kier molecular flexibility index (Phi) is 5.25. The molecule has 0 bridgehead atoms. The first-order valence-electron chi connectivity index (χ1n) is 10.2. The normalized spacial score (nSPS) is 17.5. The molecule has 1 fully saturated rings. The number of fused-ring (bicyclic) bond motifs is 1. The van der Waals surface area contributed by atoms with Crippen LogP contribution in [-0.2, 0) is 9.59 Å². The standard InChI is InChI=1S/C25H17FN2O5S/c1-33-17-8-5-13(6-9-17)22(30)20-21(14-3-2-4-16(29)11-14)28(24(32)23(20)31)25-27-18-10-7-15(26)12-19(18)34-25/h2-12,21,29-30H,1H3/b22-20+. The zero-order valence-corrected chi connectivity index (χ0v) is 18.5. The summed E-state index contributed by atoms with van der Waals surface area (Å²) in [4.78, 5) is 32.0. The molecule has 9 heteroatoms. The maximum absolute atomic E-state index is 13.7. The van der Waals surface area contributed by atoms with Gasteiger partial charge in [-0.15, -0.1) is 0 Å². The Balaban J connectivity index is 1.72. The molecule has 1 aromatic heterocycles. The number of aromatic hydroxyl groups is 1. The van der Waals surface area contributed by atoms with Gasteiger partial charge in [-0.05, 0) is 60.2 Å². The van der Waals surface area contributed by atoms with Crippen molar-refractivity contribution in [1.82, 2.24) is 4.98 Å². The van der Waals surface area contributed by atoms with Gasteiger partial charge in [-0.3, -0.25) is 14.5 Å². The van der Waals surface area contributed by atoms with Crippen molar-refractivity contribution in [3.63, 3.8) is 0 Å². The van der Waals surface area contributed by atoms with Gasteiger partial charge in [0.25, 0.3) is 5.78 Å². The van der Waals surface area contributed by atoms with Gasteiger partial charge in [0.1, 0.15) is 23.1 Å². The zero-order valence-electron chi connectivity index (χ0n) is 17.7. The molecule has 34 heavy (non-hydrogen) atoms. The summed E-state index contributed by atoms with van der Waals surface area (Å²) in [5.74, 6) is -2.12. The lowest BCUT2D eigenvalue weighted by Crippen LogP contribution is -2.29. The maximum atomic E-state index is 13.7. The fourth-order valence-electron chi connectivity index (χ4n) is 3.93. The Hall–Kier alpha value is -4.24. The van der Waals surface area contributed by atoms with Crippen molar-refractivity contribution in [2.45, 2.75) is 6.04 Å². The maximum Gasteiger partial charge on any atom is 0.301 e. The summed E-state index contributed by atoms with van der Waals surface area (Å²) in [5.41, 5.74) is 1.04. The number of anilines is 1. The van der Waals surface area contributed by atoms with Gasteiger partial charge in [-0.1, -0.05) is 23.5 Å². The Morgan fingerprint density at radius 3 is 2.56 bits per heavy atom. The first kappa shape index (κ1) is 21.6. The number of thiazole rings is 1. The summed E-state index contributed by atoms with van der Waals surface area (Å²) in [7, 11) is 1.51. The van der Waals surface area contributed by atoms with E-state index in [4.69, 9.17) is 4.74 Å². The number of methoxy groups -OCH3 is 1. The quantitative estimate of drug-likeness (QED) is 0.250. The zero-order chi connectivity index (χ0) is 24.0. The van der Waals surface area contributed by atoms with Gasteiger partial charge < -0.3 is 14.9 Å². The van der Waals surface area contributed by atoms with Crippen LogP contribution in [0.25, 0.3) is 16.0 Å². The highest BCUT2D eigenvalue weighted by atomic mass is 32.1. The minimum absolute atomic E-state index is 0.0705. The van der Waals surface area contributed by atoms with E-state index in [1.807, 2.05) is 0 Å². The minimum atomic E-state index is -1.06. The van der Waals surface area contributed by atoms with Crippen LogP contribution in [0.1, 0.15) is 17.2 Å². The number of ketones is 1. The second-order valence-corrected chi connectivity index (χ2v) is 8.61. The Labute approximate surface area is 197 Å². The summed E-state index contributed by atoms with van der Waals surface area (Å²) in [6.07, 6.45) is 0. The minimum Gasteiger partial charge on any atom is -0.508 e. The van der Waals surface area contributed by atoms with E-state index in [1.165, 1.54) is 42.3 Å². The molecule has 1 atom stereocenters. The lowest BCUT2D eigenvalue weighted by Gasteiger charge is -2.23. The molecule has 3 aromatic carbocycles. The molecule has 2 N–H and O–H groups in total. The van der Waals surface area contributed by atoms with Crippen molar-refractivity contribution in [3.8, 4) is 11.5 Å². The molecule has 0 aliphatic carbocycles. The summed E-state index contributed by atoms with van der Waals surface area (Å²) in [6.45, 7) is 0. The number of aliphatic hydroxyl groups is 1. The Morgan fingerprint density at radius 2 is 1.85 bits per heavy atom. The van der Waals surface area contributed by atoms with Crippen LogP contribution in [0, 0.1) is 5.82 Å². The number of rotatable bonds is 4. The molecule has 1 saturated heterocycles. The average Bonchev–Trinajstić information content (AvgIpc) is 3.36. The summed E-state index contributed by atoms with van der Waals surface area (Å²) < 4.78 is 19.4. The smallest absolute Gasteiger partial charge is 0.301 e. The number of aromatic nitrogens is 1. The molecule has 0 saturated carbocycles. The van der Waals surface area contributed by atoms with Crippen molar-refractivity contribution >= 4 is 44.1 Å².